The van der Waals surface area contributed by atoms with Crippen LogP contribution in [0.1, 0.15) is 92.9 Å². The summed E-state index contributed by atoms with van der Waals surface area (Å²) in [5.41, 5.74) is -0.836. The third-order valence-corrected chi connectivity index (χ3v) is 5.75. The first kappa shape index (κ1) is 39.3. The number of hydrogen-bond donors (Lipinski definition) is 1. The first-order valence-corrected chi connectivity index (χ1v) is 15.1. The molecular weight excluding hydrogens is 546 g/mol. The summed E-state index contributed by atoms with van der Waals surface area (Å²) < 4.78 is 15.2. The van der Waals surface area contributed by atoms with E-state index in [0.29, 0.717) is 6.42 Å². The predicted molar refractivity (Wildman–Crippen MR) is 172 cm³/mol. The number of ether oxygens (including phenoxy) is 3. The van der Waals surface area contributed by atoms with E-state index in [1.807, 2.05) is 12.2 Å². The Balaban J connectivity index is 4.28. The highest BCUT2D eigenvalue weighted by Gasteiger charge is 2.39. The van der Waals surface area contributed by atoms with Crippen LogP contribution in [-0.2, 0) is 33.4 Å². The standard InChI is InChI=1S/C35H53NO7/c1-8-9-10-11-12-13-14-15-16-17-18-19-20-21-22-23-24-25-26-27-30(37)36-28(2)32(38)42-29(3)31(33(39)41-7)34(40)43-35(4,5)6/h9-10,12-13,15-16,18-19,21-22,24-25,28-29,31H,8,11,14,17,20,23,26-27H2,1-7H3,(H,36,37)/t28?,29-,31-/m0/s1. The molecule has 1 N–H and O–H groups in total. The third kappa shape index (κ3) is 21.7. The van der Waals surface area contributed by atoms with Gasteiger partial charge in [0, 0.05) is 6.42 Å². The number of esters is 3. The summed E-state index contributed by atoms with van der Waals surface area (Å²) in [6.45, 7) is 10.00. The SMILES string of the molecule is CCC=CCC=CCC=CCC=CCC=CCC=CCCC(=O)NC(C)C(=O)O[C@@H](C)[C@@H](C(=O)OC)C(=O)OC(C)(C)C. The average Bonchev–Trinajstić information content (AvgIpc) is 2.93. The van der Waals surface area contributed by atoms with Gasteiger partial charge in [-0.2, -0.15) is 0 Å². The lowest BCUT2D eigenvalue weighted by atomic mass is 10.0. The van der Waals surface area contributed by atoms with Crippen molar-refractivity contribution < 1.29 is 33.4 Å². The fourth-order valence-electron chi connectivity index (χ4n) is 3.55. The zero-order valence-electron chi connectivity index (χ0n) is 27.2. The summed E-state index contributed by atoms with van der Waals surface area (Å²) in [6.07, 6.45) is 30.7. The summed E-state index contributed by atoms with van der Waals surface area (Å²) >= 11 is 0. The zero-order valence-corrected chi connectivity index (χ0v) is 27.2. The van der Waals surface area contributed by atoms with Crippen LogP contribution in [0.5, 0.6) is 0 Å². The quantitative estimate of drug-likeness (QED) is 0.0693. The Morgan fingerprint density at radius 2 is 1.12 bits per heavy atom. The van der Waals surface area contributed by atoms with Crippen molar-refractivity contribution >= 4 is 23.8 Å². The van der Waals surface area contributed by atoms with Crippen molar-refractivity contribution in [2.75, 3.05) is 7.11 Å². The van der Waals surface area contributed by atoms with Crippen molar-refractivity contribution in [1.29, 1.82) is 0 Å². The third-order valence-electron chi connectivity index (χ3n) is 5.75. The second-order valence-electron chi connectivity index (χ2n) is 10.9. The Morgan fingerprint density at radius 3 is 1.53 bits per heavy atom. The summed E-state index contributed by atoms with van der Waals surface area (Å²) in [6, 6.07) is -0.961. The molecule has 0 saturated heterocycles. The lowest BCUT2D eigenvalue weighted by Gasteiger charge is -2.26. The van der Waals surface area contributed by atoms with Crippen LogP contribution in [0.3, 0.4) is 0 Å². The molecule has 0 aromatic heterocycles. The Hall–Kier alpha value is -3.68. The number of amides is 1. The molecule has 1 amide bonds. The van der Waals surface area contributed by atoms with Crippen molar-refractivity contribution in [3.63, 3.8) is 0 Å². The molecule has 0 saturated carbocycles. The molecule has 43 heavy (non-hydrogen) atoms. The summed E-state index contributed by atoms with van der Waals surface area (Å²) in [5.74, 6) is -4.25. The van der Waals surface area contributed by atoms with E-state index < -0.39 is 41.6 Å². The molecule has 3 atom stereocenters. The van der Waals surface area contributed by atoms with Crippen molar-refractivity contribution in [1.82, 2.24) is 5.32 Å². The molecule has 1 unspecified atom stereocenters. The molecule has 0 aromatic carbocycles. The number of carbonyl (C=O) groups excluding carboxylic acids is 4. The Kier molecular flexibility index (Phi) is 21.8. The number of carbonyl (C=O) groups is 4. The van der Waals surface area contributed by atoms with Gasteiger partial charge in [0.1, 0.15) is 17.7 Å². The van der Waals surface area contributed by atoms with Crippen LogP contribution in [0.15, 0.2) is 72.9 Å². The first-order valence-electron chi connectivity index (χ1n) is 15.1. The molecule has 0 aliphatic rings. The van der Waals surface area contributed by atoms with Crippen molar-refractivity contribution in [3.05, 3.63) is 72.9 Å². The Morgan fingerprint density at radius 1 is 0.674 bits per heavy atom. The van der Waals surface area contributed by atoms with Gasteiger partial charge in [0.05, 0.1) is 7.11 Å². The van der Waals surface area contributed by atoms with E-state index in [0.717, 1.165) is 45.6 Å². The van der Waals surface area contributed by atoms with Gasteiger partial charge in [-0.05, 0) is 79.6 Å². The van der Waals surface area contributed by atoms with Gasteiger partial charge in [0.2, 0.25) is 5.91 Å². The predicted octanol–water partition coefficient (Wildman–Crippen LogP) is 7.03. The van der Waals surface area contributed by atoms with Crippen LogP contribution >= 0.6 is 0 Å². The molecule has 0 rings (SSSR count). The van der Waals surface area contributed by atoms with Gasteiger partial charge in [-0.1, -0.05) is 79.8 Å². The molecule has 0 aliphatic heterocycles. The number of hydrogen-bond acceptors (Lipinski definition) is 7. The summed E-state index contributed by atoms with van der Waals surface area (Å²) in [4.78, 5) is 49.4. The van der Waals surface area contributed by atoms with Crippen molar-refractivity contribution in [2.24, 2.45) is 5.92 Å². The molecule has 0 fully saturated rings. The maximum atomic E-state index is 12.5. The molecule has 0 spiro atoms. The molecule has 0 aliphatic carbocycles. The van der Waals surface area contributed by atoms with E-state index in [4.69, 9.17) is 9.47 Å². The second-order valence-corrected chi connectivity index (χ2v) is 10.9. The average molecular weight is 600 g/mol. The second kappa shape index (κ2) is 23.8. The normalized spacial score (nSPS) is 14.7. The van der Waals surface area contributed by atoms with Crippen LogP contribution in [0, 0.1) is 5.92 Å². The van der Waals surface area contributed by atoms with E-state index in [9.17, 15) is 19.2 Å². The van der Waals surface area contributed by atoms with E-state index in [1.165, 1.54) is 13.8 Å². The molecule has 0 aromatic rings. The Bertz CT molecular complexity index is 1010. The highest BCUT2D eigenvalue weighted by atomic mass is 16.6. The van der Waals surface area contributed by atoms with Crippen LogP contribution in [0.4, 0.5) is 0 Å². The minimum atomic E-state index is -1.44. The monoisotopic (exact) mass is 599 g/mol. The molecule has 0 radical (unpaired) electrons. The number of allylic oxidation sites excluding steroid dienone is 12. The fourth-order valence-corrected chi connectivity index (χ4v) is 3.55. The van der Waals surface area contributed by atoms with Gasteiger partial charge in [0.15, 0.2) is 5.92 Å². The van der Waals surface area contributed by atoms with Gasteiger partial charge in [0.25, 0.3) is 0 Å². The topological polar surface area (TPSA) is 108 Å². The molecule has 240 valence electrons. The van der Waals surface area contributed by atoms with E-state index >= 15 is 0 Å². The van der Waals surface area contributed by atoms with Gasteiger partial charge >= 0.3 is 17.9 Å². The maximum Gasteiger partial charge on any atom is 0.328 e. The maximum absolute atomic E-state index is 12.5. The van der Waals surface area contributed by atoms with Crippen LogP contribution in [-0.4, -0.2) is 48.7 Å². The lowest BCUT2D eigenvalue weighted by Crippen LogP contribution is -2.45. The van der Waals surface area contributed by atoms with E-state index in [1.54, 1.807) is 20.8 Å². The molecule has 0 bridgehead atoms. The van der Waals surface area contributed by atoms with E-state index in [-0.39, 0.29) is 12.3 Å². The van der Waals surface area contributed by atoms with Crippen LogP contribution in [0.25, 0.3) is 0 Å². The number of nitrogens with one attached hydrogen (secondary N) is 1. The van der Waals surface area contributed by atoms with Gasteiger partial charge in [-0.15, -0.1) is 0 Å². The van der Waals surface area contributed by atoms with Gasteiger partial charge in [-0.3, -0.25) is 14.4 Å². The zero-order chi connectivity index (χ0) is 32.5. The summed E-state index contributed by atoms with van der Waals surface area (Å²) in [5, 5.41) is 2.58. The summed E-state index contributed by atoms with van der Waals surface area (Å²) in [7, 11) is 1.13. The smallest absolute Gasteiger partial charge is 0.328 e. The Labute approximate surface area is 259 Å². The molecular formula is C35H53NO7. The van der Waals surface area contributed by atoms with Crippen molar-refractivity contribution in [2.45, 2.75) is 111 Å². The largest absolute Gasteiger partial charge is 0.468 e. The number of rotatable bonds is 20. The molecule has 0 heterocycles. The fraction of sp³-hybridized carbons (Fsp3) is 0.543. The lowest BCUT2D eigenvalue weighted by molar-refractivity contribution is -0.177. The van der Waals surface area contributed by atoms with Crippen LogP contribution < -0.4 is 5.32 Å². The molecule has 8 heteroatoms. The minimum absolute atomic E-state index is 0.206. The first-order chi connectivity index (χ1) is 20.4. The molecule has 8 nitrogen and oxygen atoms in total. The minimum Gasteiger partial charge on any atom is -0.468 e. The highest BCUT2D eigenvalue weighted by molar-refractivity contribution is 5.96. The highest BCUT2D eigenvalue weighted by Crippen LogP contribution is 2.18. The van der Waals surface area contributed by atoms with E-state index in [2.05, 4.69) is 77.7 Å². The van der Waals surface area contributed by atoms with Crippen LogP contribution in [0.2, 0.25) is 0 Å². The van der Waals surface area contributed by atoms with Gasteiger partial charge in [-0.25, -0.2) is 4.79 Å². The number of methoxy groups -OCH3 is 1. The van der Waals surface area contributed by atoms with Gasteiger partial charge < -0.3 is 19.5 Å². The van der Waals surface area contributed by atoms with Crippen molar-refractivity contribution in [3.8, 4) is 0 Å².